The Morgan fingerprint density at radius 1 is 1.07 bits per heavy atom. The lowest BCUT2D eigenvalue weighted by molar-refractivity contribution is -0.120. The van der Waals surface area contributed by atoms with Crippen molar-refractivity contribution >= 4 is 23.2 Å². The second-order valence-corrected chi connectivity index (χ2v) is 7.75. The third-order valence-electron chi connectivity index (χ3n) is 5.94. The van der Waals surface area contributed by atoms with E-state index in [-0.39, 0.29) is 17.9 Å². The van der Waals surface area contributed by atoms with Crippen LogP contribution in [0.15, 0.2) is 54.6 Å². The number of benzene rings is 2. The summed E-state index contributed by atoms with van der Waals surface area (Å²) in [6.45, 7) is 4.60. The summed E-state index contributed by atoms with van der Waals surface area (Å²) >= 11 is 0. The lowest BCUT2D eigenvalue weighted by Crippen LogP contribution is -2.40. The lowest BCUT2D eigenvalue weighted by Gasteiger charge is -2.24. The Morgan fingerprint density at radius 2 is 1.82 bits per heavy atom. The van der Waals surface area contributed by atoms with E-state index in [1.807, 2.05) is 42.2 Å². The van der Waals surface area contributed by atoms with E-state index in [2.05, 4.69) is 34.5 Å². The summed E-state index contributed by atoms with van der Waals surface area (Å²) in [6, 6.07) is 17.9. The smallest absolute Gasteiger partial charge is 0.241 e. The zero-order valence-corrected chi connectivity index (χ0v) is 16.3. The molecule has 2 atom stereocenters. The zero-order chi connectivity index (χ0) is 19.5. The van der Waals surface area contributed by atoms with Crippen molar-refractivity contribution in [1.82, 2.24) is 4.90 Å². The first-order chi connectivity index (χ1) is 13.6. The van der Waals surface area contributed by atoms with Crippen LogP contribution in [0.2, 0.25) is 0 Å². The van der Waals surface area contributed by atoms with E-state index >= 15 is 0 Å². The SMILES string of the molecule is CC(C(=O)Nc1ccc(N2CCCC2=O)cc1)N1CCC(c2ccccc2)C1. The van der Waals surface area contributed by atoms with Gasteiger partial charge in [-0.15, -0.1) is 0 Å². The highest BCUT2D eigenvalue weighted by Crippen LogP contribution is 2.28. The van der Waals surface area contributed by atoms with Crippen molar-refractivity contribution in [2.75, 3.05) is 29.9 Å². The van der Waals surface area contributed by atoms with Crippen LogP contribution in [0.1, 0.15) is 37.7 Å². The molecule has 28 heavy (non-hydrogen) atoms. The first-order valence-corrected chi connectivity index (χ1v) is 10.1. The molecule has 5 heteroatoms. The van der Waals surface area contributed by atoms with Gasteiger partial charge >= 0.3 is 0 Å². The summed E-state index contributed by atoms with van der Waals surface area (Å²) in [5.74, 6) is 0.680. The fourth-order valence-corrected chi connectivity index (χ4v) is 4.19. The minimum Gasteiger partial charge on any atom is -0.325 e. The Kier molecular flexibility index (Phi) is 5.44. The number of hydrogen-bond donors (Lipinski definition) is 1. The van der Waals surface area contributed by atoms with Crippen LogP contribution in [0, 0.1) is 0 Å². The van der Waals surface area contributed by atoms with Crippen LogP contribution >= 0.6 is 0 Å². The standard InChI is InChI=1S/C23H27N3O2/c1-17(25-15-13-19(16-25)18-6-3-2-4-7-18)23(28)24-20-9-11-21(12-10-20)26-14-5-8-22(26)27/h2-4,6-7,9-12,17,19H,5,8,13-16H2,1H3,(H,24,28). The molecule has 2 unspecified atom stereocenters. The number of likely N-dealkylation sites (tertiary alicyclic amines) is 1. The largest absolute Gasteiger partial charge is 0.325 e. The van der Waals surface area contributed by atoms with E-state index in [4.69, 9.17) is 0 Å². The van der Waals surface area contributed by atoms with E-state index in [0.29, 0.717) is 12.3 Å². The Balaban J connectivity index is 1.34. The molecule has 0 saturated carbocycles. The van der Waals surface area contributed by atoms with E-state index in [1.54, 1.807) is 0 Å². The van der Waals surface area contributed by atoms with Gasteiger partial charge in [0.2, 0.25) is 11.8 Å². The number of carbonyl (C=O) groups excluding carboxylic acids is 2. The second kappa shape index (κ2) is 8.15. The van der Waals surface area contributed by atoms with Crippen LogP contribution < -0.4 is 10.2 Å². The van der Waals surface area contributed by atoms with Gasteiger partial charge < -0.3 is 10.2 Å². The van der Waals surface area contributed by atoms with Gasteiger partial charge in [0.15, 0.2) is 0 Å². The molecule has 2 aliphatic rings. The van der Waals surface area contributed by atoms with Gasteiger partial charge in [0, 0.05) is 30.9 Å². The topological polar surface area (TPSA) is 52.7 Å². The molecular formula is C23H27N3O2. The molecule has 0 radical (unpaired) electrons. The summed E-state index contributed by atoms with van der Waals surface area (Å²) in [4.78, 5) is 28.6. The first kappa shape index (κ1) is 18.7. The highest BCUT2D eigenvalue weighted by atomic mass is 16.2. The predicted molar refractivity (Wildman–Crippen MR) is 111 cm³/mol. The van der Waals surface area contributed by atoms with Crippen LogP contribution in [0.3, 0.4) is 0 Å². The summed E-state index contributed by atoms with van der Waals surface area (Å²) in [5.41, 5.74) is 3.02. The quantitative estimate of drug-likeness (QED) is 0.866. The number of anilines is 2. The van der Waals surface area contributed by atoms with Crippen molar-refractivity contribution in [1.29, 1.82) is 0 Å². The lowest BCUT2D eigenvalue weighted by atomic mass is 9.99. The first-order valence-electron chi connectivity index (χ1n) is 10.1. The molecule has 146 valence electrons. The van der Waals surface area contributed by atoms with Crippen LogP contribution in [-0.4, -0.2) is 42.4 Å². The van der Waals surface area contributed by atoms with Gasteiger partial charge in [-0.3, -0.25) is 14.5 Å². The van der Waals surface area contributed by atoms with E-state index < -0.39 is 0 Å². The van der Waals surface area contributed by atoms with Gasteiger partial charge in [-0.05, 0) is 62.1 Å². The van der Waals surface area contributed by atoms with Crippen molar-refractivity contribution in [3.63, 3.8) is 0 Å². The molecule has 2 saturated heterocycles. The minimum atomic E-state index is -0.173. The molecule has 0 aromatic heterocycles. The van der Waals surface area contributed by atoms with E-state index in [0.717, 1.165) is 43.9 Å². The fourth-order valence-electron chi connectivity index (χ4n) is 4.19. The summed E-state index contributed by atoms with van der Waals surface area (Å²) < 4.78 is 0. The number of rotatable bonds is 5. The van der Waals surface area contributed by atoms with Crippen molar-refractivity contribution in [2.45, 2.75) is 38.1 Å². The molecule has 2 aromatic rings. The van der Waals surface area contributed by atoms with Gasteiger partial charge in [0.05, 0.1) is 6.04 Å². The normalized spacial score (nSPS) is 21.1. The van der Waals surface area contributed by atoms with Gasteiger partial charge in [-0.2, -0.15) is 0 Å². The Bertz CT molecular complexity index is 835. The average molecular weight is 377 g/mol. The highest BCUT2D eigenvalue weighted by molar-refractivity contribution is 5.97. The molecular weight excluding hydrogens is 350 g/mol. The Morgan fingerprint density at radius 3 is 2.50 bits per heavy atom. The summed E-state index contributed by atoms with van der Waals surface area (Å²) in [7, 11) is 0. The molecule has 0 aliphatic carbocycles. The number of nitrogens with one attached hydrogen (secondary N) is 1. The Hall–Kier alpha value is -2.66. The maximum absolute atomic E-state index is 12.7. The van der Waals surface area contributed by atoms with Crippen molar-refractivity contribution in [3.8, 4) is 0 Å². The molecule has 2 aromatic carbocycles. The molecule has 5 nitrogen and oxygen atoms in total. The summed E-state index contributed by atoms with van der Waals surface area (Å²) in [5, 5.41) is 3.02. The van der Waals surface area contributed by atoms with Gasteiger partial charge in [0.25, 0.3) is 0 Å². The van der Waals surface area contributed by atoms with Gasteiger partial charge in [-0.25, -0.2) is 0 Å². The molecule has 1 N–H and O–H groups in total. The maximum atomic E-state index is 12.7. The van der Waals surface area contributed by atoms with Crippen molar-refractivity contribution < 1.29 is 9.59 Å². The molecule has 2 amide bonds. The third kappa shape index (κ3) is 3.94. The number of hydrogen-bond acceptors (Lipinski definition) is 3. The molecule has 0 bridgehead atoms. The number of carbonyl (C=O) groups is 2. The van der Waals surface area contributed by atoms with Crippen molar-refractivity contribution in [2.24, 2.45) is 0 Å². The maximum Gasteiger partial charge on any atom is 0.241 e. The van der Waals surface area contributed by atoms with E-state index in [1.165, 1.54) is 5.56 Å². The van der Waals surface area contributed by atoms with E-state index in [9.17, 15) is 9.59 Å². The van der Waals surface area contributed by atoms with Crippen LogP contribution in [0.5, 0.6) is 0 Å². The molecule has 2 aliphatic heterocycles. The molecule has 2 fully saturated rings. The number of nitrogens with zero attached hydrogens (tertiary/aromatic N) is 2. The zero-order valence-electron chi connectivity index (χ0n) is 16.3. The highest BCUT2D eigenvalue weighted by Gasteiger charge is 2.30. The second-order valence-electron chi connectivity index (χ2n) is 7.75. The number of amides is 2. The van der Waals surface area contributed by atoms with Gasteiger partial charge in [0.1, 0.15) is 0 Å². The summed E-state index contributed by atoms with van der Waals surface area (Å²) in [6.07, 6.45) is 2.62. The monoisotopic (exact) mass is 377 g/mol. The van der Waals surface area contributed by atoms with Gasteiger partial charge in [-0.1, -0.05) is 30.3 Å². The predicted octanol–water partition coefficient (Wildman–Crippen LogP) is 3.63. The molecule has 0 spiro atoms. The fraction of sp³-hybridized carbons (Fsp3) is 0.391. The third-order valence-corrected chi connectivity index (χ3v) is 5.94. The van der Waals surface area contributed by atoms with Crippen LogP contribution in [0.25, 0.3) is 0 Å². The minimum absolute atomic E-state index is 0.0127. The molecule has 4 rings (SSSR count). The average Bonchev–Trinajstić information content (AvgIpc) is 3.38. The van der Waals surface area contributed by atoms with Crippen LogP contribution in [-0.2, 0) is 9.59 Å². The van der Waals surface area contributed by atoms with Crippen LogP contribution in [0.4, 0.5) is 11.4 Å². The Labute approximate surface area is 166 Å². The molecule has 2 heterocycles. The van der Waals surface area contributed by atoms with Crippen molar-refractivity contribution in [3.05, 3.63) is 60.2 Å².